The van der Waals surface area contributed by atoms with Crippen LogP contribution in [0, 0.1) is 10.1 Å². The van der Waals surface area contributed by atoms with Gasteiger partial charge < -0.3 is 10.5 Å². The number of hydrogen-bond acceptors (Lipinski definition) is 6. The van der Waals surface area contributed by atoms with Crippen molar-refractivity contribution in [2.24, 2.45) is 0 Å². The number of carbonyl (C=O) groups is 1. The Morgan fingerprint density at radius 2 is 2.41 bits per heavy atom. The van der Waals surface area contributed by atoms with Gasteiger partial charge >= 0.3 is 11.8 Å². The number of pyridine rings is 1. The van der Waals surface area contributed by atoms with Gasteiger partial charge in [0.05, 0.1) is 11.5 Å². The summed E-state index contributed by atoms with van der Waals surface area (Å²) in [4.78, 5) is 24.5. The molecule has 0 aromatic carbocycles. The largest absolute Gasteiger partial charge is 0.450 e. The number of hydrogen-bond donors (Lipinski definition) is 2. The van der Waals surface area contributed by atoms with Gasteiger partial charge in [-0.3, -0.25) is 15.4 Å². The molecule has 17 heavy (non-hydrogen) atoms. The predicted molar refractivity (Wildman–Crippen MR) is 61.0 cm³/mol. The van der Waals surface area contributed by atoms with Crippen molar-refractivity contribution in [2.45, 2.75) is 6.92 Å². The molecule has 0 radical (unpaired) electrons. The molecule has 0 aliphatic rings. The number of rotatable bonds is 3. The van der Waals surface area contributed by atoms with E-state index in [9.17, 15) is 14.9 Å². The standard InChI is InChI=1S/C8H9ClN4O4/c1-2-17-8(14)12-5-3-4(10)6(13(15)16)7(9)11-5/h3H,2H2,1H3,(H3,10,11,12,14). The Hall–Kier alpha value is -2.09. The Morgan fingerprint density at radius 1 is 1.76 bits per heavy atom. The van der Waals surface area contributed by atoms with Crippen LogP contribution in [0.4, 0.5) is 22.0 Å². The fraction of sp³-hybridized carbons (Fsp3) is 0.250. The number of nitrogens with two attached hydrogens (primary N) is 1. The molecule has 9 heteroatoms. The van der Waals surface area contributed by atoms with Gasteiger partial charge in [0.15, 0.2) is 0 Å². The lowest BCUT2D eigenvalue weighted by Gasteiger charge is -2.06. The van der Waals surface area contributed by atoms with Gasteiger partial charge in [-0.05, 0) is 6.92 Å². The summed E-state index contributed by atoms with van der Waals surface area (Å²) >= 11 is 5.57. The van der Waals surface area contributed by atoms with Crippen molar-refractivity contribution in [1.82, 2.24) is 4.98 Å². The number of nitro groups is 1. The van der Waals surface area contributed by atoms with E-state index in [4.69, 9.17) is 17.3 Å². The first-order valence-electron chi connectivity index (χ1n) is 4.50. The van der Waals surface area contributed by atoms with Gasteiger partial charge in [0.25, 0.3) is 0 Å². The highest BCUT2D eigenvalue weighted by atomic mass is 35.5. The highest BCUT2D eigenvalue weighted by Gasteiger charge is 2.20. The minimum atomic E-state index is -0.751. The lowest BCUT2D eigenvalue weighted by atomic mass is 10.3. The molecule has 0 saturated carbocycles. The zero-order valence-electron chi connectivity index (χ0n) is 8.77. The first-order valence-corrected chi connectivity index (χ1v) is 4.87. The third kappa shape index (κ3) is 3.18. The maximum Gasteiger partial charge on any atom is 0.412 e. The summed E-state index contributed by atoms with van der Waals surface area (Å²) in [6.45, 7) is 1.81. The van der Waals surface area contributed by atoms with Gasteiger partial charge in [0, 0.05) is 6.07 Å². The van der Waals surface area contributed by atoms with Crippen LogP contribution in [0.3, 0.4) is 0 Å². The van der Waals surface area contributed by atoms with E-state index in [0.717, 1.165) is 6.07 Å². The molecular weight excluding hydrogens is 252 g/mol. The zero-order chi connectivity index (χ0) is 13.0. The van der Waals surface area contributed by atoms with Crippen molar-refractivity contribution in [1.29, 1.82) is 0 Å². The second-order valence-corrected chi connectivity index (χ2v) is 3.20. The van der Waals surface area contributed by atoms with Crippen LogP contribution >= 0.6 is 11.6 Å². The Morgan fingerprint density at radius 3 is 2.88 bits per heavy atom. The molecule has 1 heterocycles. The van der Waals surface area contributed by atoms with Crippen LogP contribution in [0.5, 0.6) is 0 Å². The fourth-order valence-electron chi connectivity index (χ4n) is 1.04. The predicted octanol–water partition coefficient (Wildman–Crippen LogP) is 1.79. The molecule has 0 spiro atoms. The second-order valence-electron chi connectivity index (χ2n) is 2.84. The number of amides is 1. The lowest BCUT2D eigenvalue weighted by Crippen LogP contribution is -2.15. The van der Waals surface area contributed by atoms with Crippen molar-refractivity contribution in [3.63, 3.8) is 0 Å². The molecule has 1 aromatic heterocycles. The van der Waals surface area contributed by atoms with E-state index >= 15 is 0 Å². The Kier molecular flexibility index (Phi) is 4.05. The van der Waals surface area contributed by atoms with Crippen LogP contribution < -0.4 is 11.1 Å². The van der Waals surface area contributed by atoms with E-state index in [1.165, 1.54) is 0 Å². The van der Waals surface area contributed by atoms with Gasteiger partial charge in [-0.1, -0.05) is 11.6 Å². The van der Waals surface area contributed by atoms with Crippen LogP contribution in [-0.2, 0) is 4.74 Å². The molecule has 0 atom stereocenters. The highest BCUT2D eigenvalue weighted by molar-refractivity contribution is 6.32. The molecular formula is C8H9ClN4O4. The van der Waals surface area contributed by atoms with Crippen molar-refractivity contribution in [3.8, 4) is 0 Å². The minimum Gasteiger partial charge on any atom is -0.450 e. The third-order valence-corrected chi connectivity index (χ3v) is 1.93. The normalized spacial score (nSPS) is 9.76. The monoisotopic (exact) mass is 260 g/mol. The van der Waals surface area contributed by atoms with Crippen LogP contribution in [0.1, 0.15) is 6.92 Å². The number of anilines is 2. The Labute approximate surface area is 101 Å². The average molecular weight is 261 g/mol. The van der Waals surface area contributed by atoms with E-state index in [-0.39, 0.29) is 18.1 Å². The van der Waals surface area contributed by atoms with Crippen molar-refractivity contribution in [3.05, 3.63) is 21.3 Å². The number of nitrogens with one attached hydrogen (secondary N) is 1. The van der Waals surface area contributed by atoms with Crippen LogP contribution in [0.2, 0.25) is 5.15 Å². The first kappa shape index (κ1) is 13.0. The lowest BCUT2D eigenvalue weighted by molar-refractivity contribution is -0.384. The molecule has 0 aliphatic carbocycles. The molecule has 1 rings (SSSR count). The summed E-state index contributed by atoms with van der Waals surface area (Å²) in [6.07, 6.45) is -0.746. The Bertz CT molecular complexity index is 442. The number of ether oxygens (including phenoxy) is 1. The number of carbonyl (C=O) groups excluding carboxylic acids is 1. The van der Waals surface area contributed by atoms with Gasteiger partial charge in [-0.25, -0.2) is 9.78 Å². The topological polar surface area (TPSA) is 120 Å². The van der Waals surface area contributed by atoms with E-state index < -0.39 is 21.9 Å². The van der Waals surface area contributed by atoms with Gasteiger partial charge in [0.2, 0.25) is 5.15 Å². The van der Waals surface area contributed by atoms with E-state index in [1.807, 2.05) is 0 Å². The smallest absolute Gasteiger partial charge is 0.412 e. The summed E-state index contributed by atoms with van der Waals surface area (Å²) in [5, 5.41) is 12.4. The quantitative estimate of drug-likeness (QED) is 0.485. The van der Waals surface area contributed by atoms with Gasteiger partial charge in [-0.15, -0.1) is 0 Å². The van der Waals surface area contributed by atoms with Crippen LogP contribution in [0.25, 0.3) is 0 Å². The Balaban J connectivity index is 2.98. The summed E-state index contributed by atoms with van der Waals surface area (Å²) in [6, 6.07) is 1.13. The SMILES string of the molecule is CCOC(=O)Nc1cc(N)c([N+](=O)[O-])c(Cl)n1. The van der Waals surface area contributed by atoms with E-state index in [0.29, 0.717) is 0 Å². The molecule has 1 aromatic rings. The number of nitrogens with zero attached hydrogens (tertiary/aromatic N) is 2. The molecule has 1 amide bonds. The second kappa shape index (κ2) is 5.30. The van der Waals surface area contributed by atoms with E-state index in [2.05, 4.69) is 15.0 Å². The van der Waals surface area contributed by atoms with Crippen molar-refractivity contribution in [2.75, 3.05) is 17.7 Å². The molecule has 0 saturated heterocycles. The molecule has 3 N–H and O–H groups in total. The molecule has 8 nitrogen and oxygen atoms in total. The zero-order valence-corrected chi connectivity index (χ0v) is 9.52. The molecule has 92 valence electrons. The minimum absolute atomic E-state index is 0.0171. The van der Waals surface area contributed by atoms with E-state index in [1.54, 1.807) is 6.92 Å². The maximum atomic E-state index is 11.1. The summed E-state index contributed by atoms with van der Waals surface area (Å²) in [7, 11) is 0. The van der Waals surface area contributed by atoms with Crippen molar-refractivity contribution >= 4 is 34.9 Å². The summed E-state index contributed by atoms with van der Waals surface area (Å²) < 4.78 is 4.60. The maximum absolute atomic E-state index is 11.1. The molecule has 0 bridgehead atoms. The third-order valence-electron chi connectivity index (χ3n) is 1.67. The van der Waals surface area contributed by atoms with Gasteiger partial charge in [-0.2, -0.15) is 0 Å². The van der Waals surface area contributed by atoms with Crippen LogP contribution in [-0.4, -0.2) is 22.6 Å². The highest BCUT2D eigenvalue weighted by Crippen LogP contribution is 2.30. The number of aromatic nitrogens is 1. The summed E-state index contributed by atoms with van der Waals surface area (Å²) in [5.74, 6) is -0.0171. The number of halogens is 1. The molecule has 0 unspecified atom stereocenters. The number of nitrogen functional groups attached to an aromatic ring is 1. The van der Waals surface area contributed by atoms with Gasteiger partial charge in [0.1, 0.15) is 11.5 Å². The van der Waals surface area contributed by atoms with Crippen molar-refractivity contribution < 1.29 is 14.5 Å². The average Bonchev–Trinajstić information content (AvgIpc) is 2.15. The first-order chi connectivity index (χ1) is 7.95. The fourth-order valence-corrected chi connectivity index (χ4v) is 1.31. The summed E-state index contributed by atoms with van der Waals surface area (Å²) in [5.41, 5.74) is 4.72. The molecule has 0 aliphatic heterocycles. The van der Waals surface area contributed by atoms with Crippen LogP contribution in [0.15, 0.2) is 6.07 Å². The molecule has 0 fully saturated rings.